The zero-order valence-corrected chi connectivity index (χ0v) is 15.9. The largest absolute Gasteiger partial charge is 0.448 e. The molecule has 1 heterocycles. The van der Waals surface area contributed by atoms with Crippen molar-refractivity contribution in [3.8, 4) is 0 Å². The molecule has 0 aliphatic heterocycles. The van der Waals surface area contributed by atoms with E-state index in [9.17, 15) is 9.59 Å². The fourth-order valence-electron chi connectivity index (χ4n) is 2.57. The van der Waals surface area contributed by atoms with Gasteiger partial charge in [0, 0.05) is 10.1 Å². The van der Waals surface area contributed by atoms with E-state index in [0.717, 1.165) is 15.6 Å². The van der Waals surface area contributed by atoms with E-state index in [0.29, 0.717) is 9.90 Å². The first kappa shape index (κ1) is 18.4. The van der Waals surface area contributed by atoms with Gasteiger partial charge in [0.15, 0.2) is 6.10 Å². The minimum Gasteiger partial charge on any atom is -0.448 e. The molecular weight excluding hydrogens is 370 g/mol. The molecule has 0 saturated carbocycles. The molecule has 0 spiro atoms. The van der Waals surface area contributed by atoms with Crippen molar-refractivity contribution >= 4 is 44.9 Å². The predicted octanol–water partition coefficient (Wildman–Crippen LogP) is 4.98. The van der Waals surface area contributed by atoms with Gasteiger partial charge < -0.3 is 10.1 Å². The first-order valence-corrected chi connectivity index (χ1v) is 9.40. The Bertz CT molecular complexity index is 939. The molecule has 2 atom stereocenters. The predicted molar refractivity (Wildman–Crippen MR) is 105 cm³/mol. The van der Waals surface area contributed by atoms with E-state index in [1.165, 1.54) is 11.3 Å². The lowest BCUT2D eigenvalue weighted by Crippen LogP contribution is -2.37. The highest BCUT2D eigenvalue weighted by Crippen LogP contribution is 2.35. The van der Waals surface area contributed by atoms with Crippen LogP contribution in [0.25, 0.3) is 10.1 Å². The number of rotatable bonds is 5. The number of carbonyl (C=O) groups excluding carboxylic acids is 2. The quantitative estimate of drug-likeness (QED) is 0.628. The van der Waals surface area contributed by atoms with E-state index in [4.69, 9.17) is 16.3 Å². The number of nitrogens with one attached hydrogen (secondary N) is 1. The van der Waals surface area contributed by atoms with Gasteiger partial charge in [0.05, 0.1) is 11.1 Å². The van der Waals surface area contributed by atoms with Crippen LogP contribution < -0.4 is 5.32 Å². The Balaban J connectivity index is 1.66. The fraction of sp³-hybridized carbons (Fsp3) is 0.200. The Labute approximate surface area is 160 Å². The maximum absolute atomic E-state index is 12.4. The lowest BCUT2D eigenvalue weighted by Gasteiger charge is -2.18. The number of hydrogen-bond donors (Lipinski definition) is 1. The van der Waals surface area contributed by atoms with Crippen LogP contribution >= 0.6 is 22.9 Å². The number of hydrogen-bond acceptors (Lipinski definition) is 4. The Morgan fingerprint density at radius 2 is 1.69 bits per heavy atom. The van der Waals surface area contributed by atoms with Crippen LogP contribution in [0.4, 0.5) is 0 Å². The second-order valence-corrected chi connectivity index (χ2v) is 7.36. The topological polar surface area (TPSA) is 55.4 Å². The highest BCUT2D eigenvalue weighted by Gasteiger charge is 2.24. The minimum atomic E-state index is -0.921. The summed E-state index contributed by atoms with van der Waals surface area (Å²) >= 11 is 7.55. The summed E-state index contributed by atoms with van der Waals surface area (Å²) in [5.41, 5.74) is 0.979. The number of fused-ring (bicyclic) bond motifs is 1. The first-order valence-electron chi connectivity index (χ1n) is 8.20. The van der Waals surface area contributed by atoms with Gasteiger partial charge in [-0.25, -0.2) is 4.79 Å². The molecule has 0 bridgehead atoms. The standard InChI is InChI=1S/C20H18ClNO3S/c1-12(14-8-4-3-5-9-14)22-19(23)13(2)25-20(24)18-17(21)15-10-6-7-11-16(15)26-18/h3-13H,1-2H3,(H,22,23). The molecule has 26 heavy (non-hydrogen) atoms. The van der Waals surface area contributed by atoms with E-state index in [1.807, 2.05) is 61.5 Å². The molecule has 1 aromatic heterocycles. The Hall–Kier alpha value is -2.37. The summed E-state index contributed by atoms with van der Waals surface area (Å²) in [6.07, 6.45) is -0.921. The second kappa shape index (κ2) is 7.89. The van der Waals surface area contributed by atoms with Crippen LogP contribution in [-0.4, -0.2) is 18.0 Å². The summed E-state index contributed by atoms with van der Waals surface area (Å²) in [6.45, 7) is 3.43. The fourth-order valence-corrected chi connectivity index (χ4v) is 3.96. The van der Waals surface area contributed by atoms with E-state index < -0.39 is 12.1 Å². The maximum atomic E-state index is 12.4. The molecule has 0 fully saturated rings. The zero-order valence-electron chi connectivity index (χ0n) is 14.4. The van der Waals surface area contributed by atoms with Crippen LogP contribution in [0.3, 0.4) is 0 Å². The summed E-state index contributed by atoms with van der Waals surface area (Å²) < 4.78 is 6.22. The normalized spacial score (nSPS) is 13.2. The van der Waals surface area contributed by atoms with Gasteiger partial charge in [-0.05, 0) is 25.5 Å². The number of amides is 1. The zero-order chi connectivity index (χ0) is 18.7. The average molecular weight is 388 g/mol. The molecule has 0 aliphatic carbocycles. The van der Waals surface area contributed by atoms with E-state index >= 15 is 0 Å². The third-order valence-electron chi connectivity index (χ3n) is 4.03. The summed E-state index contributed by atoms with van der Waals surface area (Å²) in [7, 11) is 0. The third kappa shape index (κ3) is 3.89. The molecule has 3 rings (SSSR count). The summed E-state index contributed by atoms with van der Waals surface area (Å²) in [5, 5.41) is 4.02. The van der Waals surface area contributed by atoms with Gasteiger partial charge in [0.25, 0.3) is 5.91 Å². The smallest absolute Gasteiger partial charge is 0.350 e. The van der Waals surface area contributed by atoms with Crippen LogP contribution in [0.5, 0.6) is 0 Å². The number of benzene rings is 2. The molecule has 2 aromatic carbocycles. The number of halogens is 1. The molecular formula is C20H18ClNO3S. The molecule has 0 saturated heterocycles. The molecule has 6 heteroatoms. The molecule has 4 nitrogen and oxygen atoms in total. The van der Waals surface area contributed by atoms with Crippen molar-refractivity contribution in [2.75, 3.05) is 0 Å². The lowest BCUT2D eigenvalue weighted by atomic mass is 10.1. The molecule has 3 aromatic rings. The van der Waals surface area contributed by atoms with Gasteiger partial charge in [0.2, 0.25) is 0 Å². The van der Waals surface area contributed by atoms with Crippen molar-refractivity contribution < 1.29 is 14.3 Å². The van der Waals surface area contributed by atoms with Gasteiger partial charge in [-0.2, -0.15) is 0 Å². The van der Waals surface area contributed by atoms with E-state index in [-0.39, 0.29) is 11.9 Å². The van der Waals surface area contributed by atoms with Crippen molar-refractivity contribution in [3.05, 3.63) is 70.1 Å². The highest BCUT2D eigenvalue weighted by atomic mass is 35.5. The molecule has 0 aliphatic rings. The maximum Gasteiger partial charge on any atom is 0.350 e. The number of carbonyl (C=O) groups is 2. The number of ether oxygens (including phenoxy) is 1. The van der Waals surface area contributed by atoms with E-state index in [1.54, 1.807) is 6.92 Å². The van der Waals surface area contributed by atoms with Gasteiger partial charge in [-0.15, -0.1) is 11.3 Å². The lowest BCUT2D eigenvalue weighted by molar-refractivity contribution is -0.129. The molecule has 0 radical (unpaired) electrons. The first-order chi connectivity index (χ1) is 12.5. The molecule has 1 N–H and O–H groups in total. The van der Waals surface area contributed by atoms with E-state index in [2.05, 4.69) is 5.32 Å². The van der Waals surface area contributed by atoms with Crippen LogP contribution in [-0.2, 0) is 9.53 Å². The van der Waals surface area contributed by atoms with Crippen LogP contribution in [0, 0.1) is 0 Å². The second-order valence-electron chi connectivity index (χ2n) is 5.93. The van der Waals surface area contributed by atoms with Gasteiger partial charge in [-0.1, -0.05) is 60.1 Å². The van der Waals surface area contributed by atoms with Crippen LogP contribution in [0.1, 0.15) is 35.1 Å². The highest BCUT2D eigenvalue weighted by molar-refractivity contribution is 7.21. The van der Waals surface area contributed by atoms with Gasteiger partial charge in [0.1, 0.15) is 4.88 Å². The van der Waals surface area contributed by atoms with Crippen molar-refractivity contribution in [2.45, 2.75) is 26.0 Å². The van der Waals surface area contributed by atoms with Gasteiger partial charge in [-0.3, -0.25) is 4.79 Å². The van der Waals surface area contributed by atoms with Crippen molar-refractivity contribution in [3.63, 3.8) is 0 Å². The summed E-state index contributed by atoms with van der Waals surface area (Å²) in [4.78, 5) is 25.1. The Kier molecular flexibility index (Phi) is 5.59. The number of esters is 1. The average Bonchev–Trinajstić information content (AvgIpc) is 2.99. The summed E-state index contributed by atoms with van der Waals surface area (Å²) in [5.74, 6) is -0.946. The monoisotopic (exact) mass is 387 g/mol. The molecule has 1 amide bonds. The van der Waals surface area contributed by atoms with Crippen molar-refractivity contribution in [1.29, 1.82) is 0 Å². The molecule has 2 unspecified atom stereocenters. The SMILES string of the molecule is CC(OC(=O)c1sc2ccccc2c1Cl)C(=O)NC(C)c1ccccc1. The third-order valence-corrected chi connectivity index (χ3v) is 5.69. The minimum absolute atomic E-state index is 0.183. The van der Waals surface area contributed by atoms with Crippen LogP contribution in [0.2, 0.25) is 5.02 Å². The van der Waals surface area contributed by atoms with Crippen molar-refractivity contribution in [2.24, 2.45) is 0 Å². The van der Waals surface area contributed by atoms with Crippen molar-refractivity contribution in [1.82, 2.24) is 5.32 Å². The summed E-state index contributed by atoms with van der Waals surface area (Å²) in [6, 6.07) is 16.9. The van der Waals surface area contributed by atoms with Gasteiger partial charge >= 0.3 is 5.97 Å². The van der Waals surface area contributed by atoms with Crippen LogP contribution in [0.15, 0.2) is 54.6 Å². The Morgan fingerprint density at radius 1 is 1.04 bits per heavy atom. The number of thiophene rings is 1. The Morgan fingerprint density at radius 3 is 2.38 bits per heavy atom. The molecule has 134 valence electrons.